The SMILES string of the molecule is CCN1CCN(C(=O)c2cc(NCCc3c[nH]c4ccccc34)nc(C)n2)CC1. The number of piperazine rings is 1. The monoisotopic (exact) mass is 392 g/mol. The Balaban J connectivity index is 1.40. The fraction of sp³-hybridized carbons (Fsp3) is 0.409. The summed E-state index contributed by atoms with van der Waals surface area (Å²) in [7, 11) is 0. The van der Waals surface area contributed by atoms with Crippen LogP contribution < -0.4 is 5.32 Å². The van der Waals surface area contributed by atoms with Gasteiger partial charge in [0, 0.05) is 55.9 Å². The third-order valence-corrected chi connectivity index (χ3v) is 5.54. The number of fused-ring (bicyclic) bond motifs is 1. The van der Waals surface area contributed by atoms with E-state index >= 15 is 0 Å². The number of aromatic nitrogens is 3. The molecular weight excluding hydrogens is 364 g/mol. The average molecular weight is 393 g/mol. The zero-order valence-electron chi connectivity index (χ0n) is 17.1. The van der Waals surface area contributed by atoms with Crippen molar-refractivity contribution in [2.75, 3.05) is 44.6 Å². The van der Waals surface area contributed by atoms with Gasteiger partial charge in [-0.15, -0.1) is 0 Å². The fourth-order valence-electron chi connectivity index (χ4n) is 3.86. The molecule has 1 fully saturated rings. The van der Waals surface area contributed by atoms with Crippen LogP contribution in [0.4, 0.5) is 5.82 Å². The van der Waals surface area contributed by atoms with E-state index in [1.807, 2.05) is 17.9 Å². The Morgan fingerprint density at radius 3 is 2.76 bits per heavy atom. The Labute approximate surface area is 171 Å². The van der Waals surface area contributed by atoms with E-state index < -0.39 is 0 Å². The second-order valence-corrected chi connectivity index (χ2v) is 7.45. The zero-order chi connectivity index (χ0) is 20.2. The molecule has 0 saturated carbocycles. The molecule has 2 N–H and O–H groups in total. The molecule has 7 heteroatoms. The minimum absolute atomic E-state index is 0.00840. The maximum atomic E-state index is 12.9. The predicted octanol–water partition coefficient (Wildman–Crippen LogP) is 2.70. The van der Waals surface area contributed by atoms with Gasteiger partial charge in [0.2, 0.25) is 0 Å². The minimum Gasteiger partial charge on any atom is -0.370 e. The normalized spacial score (nSPS) is 15.0. The molecule has 7 nitrogen and oxygen atoms in total. The minimum atomic E-state index is -0.00840. The van der Waals surface area contributed by atoms with Gasteiger partial charge in [-0.05, 0) is 31.5 Å². The first-order valence-corrected chi connectivity index (χ1v) is 10.3. The Hall–Kier alpha value is -2.93. The van der Waals surface area contributed by atoms with Gasteiger partial charge in [-0.1, -0.05) is 25.1 Å². The molecule has 3 heterocycles. The van der Waals surface area contributed by atoms with Gasteiger partial charge in [-0.2, -0.15) is 0 Å². The lowest BCUT2D eigenvalue weighted by Gasteiger charge is -2.33. The van der Waals surface area contributed by atoms with Gasteiger partial charge in [-0.3, -0.25) is 4.79 Å². The van der Waals surface area contributed by atoms with Crippen molar-refractivity contribution in [2.24, 2.45) is 0 Å². The summed E-state index contributed by atoms with van der Waals surface area (Å²) in [5.74, 6) is 1.30. The van der Waals surface area contributed by atoms with E-state index in [0.717, 1.165) is 51.2 Å². The van der Waals surface area contributed by atoms with Crippen molar-refractivity contribution in [3.8, 4) is 0 Å². The van der Waals surface area contributed by atoms with Crippen LogP contribution in [0.5, 0.6) is 0 Å². The third kappa shape index (κ3) is 4.40. The van der Waals surface area contributed by atoms with Crippen LogP contribution in [0.1, 0.15) is 28.8 Å². The third-order valence-electron chi connectivity index (χ3n) is 5.54. The molecule has 0 bridgehead atoms. The van der Waals surface area contributed by atoms with Gasteiger partial charge in [0.05, 0.1) is 0 Å². The Morgan fingerprint density at radius 1 is 1.17 bits per heavy atom. The lowest BCUT2D eigenvalue weighted by Crippen LogP contribution is -2.48. The highest BCUT2D eigenvalue weighted by molar-refractivity contribution is 5.93. The predicted molar refractivity (Wildman–Crippen MR) is 115 cm³/mol. The molecule has 1 aliphatic heterocycles. The molecule has 4 rings (SSSR count). The summed E-state index contributed by atoms with van der Waals surface area (Å²) in [4.78, 5) is 29.3. The molecule has 0 radical (unpaired) electrons. The fourth-order valence-corrected chi connectivity index (χ4v) is 3.86. The van der Waals surface area contributed by atoms with E-state index in [4.69, 9.17) is 0 Å². The van der Waals surface area contributed by atoms with E-state index in [9.17, 15) is 4.79 Å². The first kappa shape index (κ1) is 19.4. The highest BCUT2D eigenvalue weighted by atomic mass is 16.2. The zero-order valence-corrected chi connectivity index (χ0v) is 17.1. The Bertz CT molecular complexity index is 990. The second-order valence-electron chi connectivity index (χ2n) is 7.45. The smallest absolute Gasteiger partial charge is 0.272 e. The molecule has 1 amide bonds. The number of hydrogen-bond donors (Lipinski definition) is 2. The number of H-pyrrole nitrogens is 1. The van der Waals surface area contributed by atoms with Crippen LogP contribution in [0.2, 0.25) is 0 Å². The van der Waals surface area contributed by atoms with Crippen molar-refractivity contribution in [1.29, 1.82) is 0 Å². The number of aromatic amines is 1. The molecule has 1 saturated heterocycles. The van der Waals surface area contributed by atoms with Gasteiger partial charge >= 0.3 is 0 Å². The number of carbonyl (C=O) groups is 1. The summed E-state index contributed by atoms with van der Waals surface area (Å²) < 4.78 is 0. The number of nitrogens with zero attached hydrogens (tertiary/aromatic N) is 4. The van der Waals surface area contributed by atoms with Crippen LogP contribution in [0.15, 0.2) is 36.5 Å². The number of nitrogens with one attached hydrogen (secondary N) is 2. The highest BCUT2D eigenvalue weighted by Gasteiger charge is 2.23. The summed E-state index contributed by atoms with van der Waals surface area (Å²) in [6.45, 7) is 9.08. The number of rotatable bonds is 6. The second kappa shape index (κ2) is 8.61. The molecule has 0 atom stereocenters. The van der Waals surface area contributed by atoms with Crippen molar-refractivity contribution in [3.05, 3.63) is 53.6 Å². The van der Waals surface area contributed by atoms with Crippen LogP contribution in [-0.2, 0) is 6.42 Å². The van der Waals surface area contributed by atoms with Crippen molar-refractivity contribution in [2.45, 2.75) is 20.3 Å². The Kier molecular flexibility index (Phi) is 5.76. The number of hydrogen-bond acceptors (Lipinski definition) is 5. The van der Waals surface area contributed by atoms with Gasteiger partial charge in [0.15, 0.2) is 0 Å². The van der Waals surface area contributed by atoms with Gasteiger partial charge < -0.3 is 20.1 Å². The lowest BCUT2D eigenvalue weighted by molar-refractivity contribution is 0.0637. The van der Waals surface area contributed by atoms with Gasteiger partial charge in [0.1, 0.15) is 17.3 Å². The molecule has 2 aromatic heterocycles. The van der Waals surface area contributed by atoms with Crippen molar-refractivity contribution in [1.82, 2.24) is 24.8 Å². The summed E-state index contributed by atoms with van der Waals surface area (Å²) in [6, 6.07) is 10.1. The van der Waals surface area contributed by atoms with Crippen LogP contribution in [0, 0.1) is 6.92 Å². The van der Waals surface area contributed by atoms with E-state index in [1.165, 1.54) is 10.9 Å². The molecule has 152 valence electrons. The van der Waals surface area contributed by atoms with Gasteiger partial charge in [0.25, 0.3) is 5.91 Å². The highest BCUT2D eigenvalue weighted by Crippen LogP contribution is 2.18. The molecule has 3 aromatic rings. The van der Waals surface area contributed by atoms with Crippen LogP contribution in [0.25, 0.3) is 10.9 Å². The standard InChI is InChI=1S/C22H28N6O/c1-3-27-10-12-28(13-11-27)22(29)20-14-21(26-16(2)25-20)23-9-8-17-15-24-19-7-5-4-6-18(17)19/h4-7,14-15,24H,3,8-13H2,1-2H3,(H,23,25,26). The van der Waals surface area contributed by atoms with Gasteiger partial charge in [-0.25, -0.2) is 9.97 Å². The largest absolute Gasteiger partial charge is 0.370 e. The van der Waals surface area contributed by atoms with Crippen molar-refractivity contribution < 1.29 is 4.79 Å². The number of carbonyl (C=O) groups excluding carboxylic acids is 1. The first-order chi connectivity index (χ1) is 14.1. The van der Waals surface area contributed by atoms with Crippen LogP contribution in [-0.4, -0.2) is 69.9 Å². The molecule has 1 aromatic carbocycles. The summed E-state index contributed by atoms with van der Waals surface area (Å²) in [5.41, 5.74) is 2.89. The summed E-state index contributed by atoms with van der Waals surface area (Å²) >= 11 is 0. The molecule has 0 unspecified atom stereocenters. The molecular formula is C22H28N6O. The maximum absolute atomic E-state index is 12.9. The quantitative estimate of drug-likeness (QED) is 0.674. The Morgan fingerprint density at radius 2 is 1.97 bits per heavy atom. The molecule has 1 aliphatic rings. The average Bonchev–Trinajstić information content (AvgIpc) is 3.16. The van der Waals surface area contributed by atoms with Crippen molar-refractivity contribution >= 4 is 22.6 Å². The van der Waals surface area contributed by atoms with Crippen LogP contribution >= 0.6 is 0 Å². The first-order valence-electron chi connectivity index (χ1n) is 10.3. The number of likely N-dealkylation sites (N-methyl/N-ethyl adjacent to an activating group) is 1. The lowest BCUT2D eigenvalue weighted by atomic mass is 10.1. The van der Waals surface area contributed by atoms with Crippen molar-refractivity contribution in [3.63, 3.8) is 0 Å². The number of amides is 1. The number of aryl methyl sites for hydroxylation is 1. The van der Waals surface area contributed by atoms with E-state index in [-0.39, 0.29) is 5.91 Å². The number of para-hydroxylation sites is 1. The topological polar surface area (TPSA) is 77.1 Å². The summed E-state index contributed by atoms with van der Waals surface area (Å²) in [6.07, 6.45) is 2.93. The number of benzene rings is 1. The van der Waals surface area contributed by atoms with E-state index in [0.29, 0.717) is 17.3 Å². The molecule has 29 heavy (non-hydrogen) atoms. The molecule has 0 aliphatic carbocycles. The number of anilines is 1. The van der Waals surface area contributed by atoms with Crippen LogP contribution in [0.3, 0.4) is 0 Å². The maximum Gasteiger partial charge on any atom is 0.272 e. The molecule has 0 spiro atoms. The van der Waals surface area contributed by atoms with E-state index in [2.05, 4.69) is 56.5 Å². The summed E-state index contributed by atoms with van der Waals surface area (Å²) in [5, 5.41) is 4.60. The van der Waals surface area contributed by atoms with E-state index in [1.54, 1.807) is 6.07 Å².